The number of hydrogen-bond donors (Lipinski definition) is 1. The first kappa shape index (κ1) is 16.4. The summed E-state index contributed by atoms with van der Waals surface area (Å²) in [6.45, 7) is 3.14. The molecule has 3 aromatic heterocycles. The highest BCUT2D eigenvalue weighted by Crippen LogP contribution is 2.30. The van der Waals surface area contributed by atoms with Crippen molar-refractivity contribution in [3.05, 3.63) is 48.2 Å². The Bertz CT molecular complexity index is 810. The minimum Gasteiger partial charge on any atom is -0.475 e. The van der Waals surface area contributed by atoms with Crippen LogP contribution in [0.5, 0.6) is 5.88 Å². The van der Waals surface area contributed by atoms with Gasteiger partial charge in [-0.15, -0.1) is 10.2 Å². The van der Waals surface area contributed by atoms with E-state index in [0.717, 1.165) is 23.3 Å². The second-order valence-corrected chi connectivity index (χ2v) is 6.03. The lowest BCUT2D eigenvalue weighted by Gasteiger charge is -2.11. The van der Waals surface area contributed by atoms with Crippen LogP contribution in [0.15, 0.2) is 42.6 Å². The van der Waals surface area contributed by atoms with Crippen molar-refractivity contribution in [3.8, 4) is 17.3 Å². The molecule has 0 bridgehead atoms. The summed E-state index contributed by atoms with van der Waals surface area (Å²) in [7, 11) is 3.99. The Balaban J connectivity index is 1.91. The molecule has 0 saturated heterocycles. The van der Waals surface area contributed by atoms with Crippen molar-refractivity contribution < 1.29 is 9.84 Å². The van der Waals surface area contributed by atoms with Gasteiger partial charge in [0.2, 0.25) is 5.88 Å². The Morgan fingerprint density at radius 2 is 2.04 bits per heavy atom. The van der Waals surface area contributed by atoms with Crippen LogP contribution in [0.4, 0.5) is 0 Å². The zero-order chi connectivity index (χ0) is 17.1. The third-order valence-corrected chi connectivity index (χ3v) is 3.83. The van der Waals surface area contributed by atoms with Gasteiger partial charge in [0.15, 0.2) is 0 Å². The Kier molecular flexibility index (Phi) is 4.78. The molecule has 126 valence electrons. The molecule has 0 aromatic carbocycles. The van der Waals surface area contributed by atoms with Gasteiger partial charge in [0.25, 0.3) is 0 Å². The van der Waals surface area contributed by atoms with E-state index in [-0.39, 0.29) is 0 Å². The van der Waals surface area contributed by atoms with E-state index in [9.17, 15) is 5.11 Å². The fourth-order valence-corrected chi connectivity index (χ4v) is 2.59. The second kappa shape index (κ2) is 6.98. The maximum Gasteiger partial charge on any atom is 0.233 e. The van der Waals surface area contributed by atoms with Crippen LogP contribution in [0.3, 0.4) is 0 Å². The van der Waals surface area contributed by atoms with Gasteiger partial charge < -0.3 is 19.1 Å². The molecule has 0 aliphatic rings. The highest BCUT2D eigenvalue weighted by molar-refractivity contribution is 5.69. The Morgan fingerprint density at radius 1 is 1.21 bits per heavy atom. The van der Waals surface area contributed by atoms with E-state index < -0.39 is 6.10 Å². The van der Waals surface area contributed by atoms with Crippen molar-refractivity contribution in [1.29, 1.82) is 0 Å². The van der Waals surface area contributed by atoms with Crippen molar-refractivity contribution in [2.24, 2.45) is 0 Å². The molecule has 0 amide bonds. The monoisotopic (exact) mass is 326 g/mol. The normalized spacial score (nSPS) is 12.7. The number of likely N-dealkylation sites (N-methyl/N-ethyl adjacent to an activating group) is 1. The van der Waals surface area contributed by atoms with E-state index in [0.29, 0.717) is 18.2 Å². The quantitative estimate of drug-likeness (QED) is 0.753. The van der Waals surface area contributed by atoms with Crippen LogP contribution in [-0.2, 0) is 0 Å². The van der Waals surface area contributed by atoms with E-state index in [2.05, 4.69) is 10.2 Å². The zero-order valence-corrected chi connectivity index (χ0v) is 14.2. The fraction of sp³-hybridized carbons (Fsp3) is 0.333. The van der Waals surface area contributed by atoms with Gasteiger partial charge in [-0.2, -0.15) is 0 Å². The van der Waals surface area contributed by atoms with Crippen LogP contribution in [0, 0.1) is 0 Å². The molecule has 6 nitrogen and oxygen atoms in total. The molecule has 3 heterocycles. The molecule has 1 unspecified atom stereocenters. The number of hydrogen-bond acceptors (Lipinski definition) is 5. The van der Waals surface area contributed by atoms with Gasteiger partial charge in [0.1, 0.15) is 12.3 Å². The first-order valence-corrected chi connectivity index (χ1v) is 7.96. The van der Waals surface area contributed by atoms with Gasteiger partial charge in [0, 0.05) is 29.9 Å². The van der Waals surface area contributed by atoms with E-state index in [1.54, 1.807) is 6.92 Å². The average Bonchev–Trinajstić information content (AvgIpc) is 2.95. The van der Waals surface area contributed by atoms with Gasteiger partial charge in [0.05, 0.1) is 11.8 Å². The van der Waals surface area contributed by atoms with Crippen molar-refractivity contribution in [3.63, 3.8) is 0 Å². The van der Waals surface area contributed by atoms with Crippen molar-refractivity contribution in [1.82, 2.24) is 19.5 Å². The topological polar surface area (TPSA) is 62.9 Å². The van der Waals surface area contributed by atoms with Crippen molar-refractivity contribution >= 4 is 5.52 Å². The first-order valence-electron chi connectivity index (χ1n) is 7.96. The highest BCUT2D eigenvalue weighted by Gasteiger charge is 2.17. The van der Waals surface area contributed by atoms with Gasteiger partial charge in [-0.25, -0.2) is 0 Å². The summed E-state index contributed by atoms with van der Waals surface area (Å²) in [5, 5.41) is 18.5. The smallest absolute Gasteiger partial charge is 0.233 e. The van der Waals surface area contributed by atoms with Crippen molar-refractivity contribution in [2.75, 3.05) is 27.2 Å². The largest absolute Gasteiger partial charge is 0.475 e. The van der Waals surface area contributed by atoms with E-state index >= 15 is 0 Å². The SMILES string of the molecule is CC(O)c1cc2ccccn2c1-c1ccc(OCCN(C)C)nn1. The maximum absolute atomic E-state index is 10.1. The molecular formula is C18H22N4O2. The molecule has 0 aliphatic carbocycles. The summed E-state index contributed by atoms with van der Waals surface area (Å²) in [5.74, 6) is 0.500. The summed E-state index contributed by atoms with van der Waals surface area (Å²) >= 11 is 0. The maximum atomic E-state index is 10.1. The number of aliphatic hydroxyl groups excluding tert-OH is 1. The molecule has 0 spiro atoms. The van der Waals surface area contributed by atoms with Crippen LogP contribution in [0.2, 0.25) is 0 Å². The molecule has 3 aromatic rings. The van der Waals surface area contributed by atoms with E-state index in [1.165, 1.54) is 0 Å². The molecule has 3 rings (SSSR count). The molecule has 0 radical (unpaired) electrons. The minimum atomic E-state index is -0.585. The van der Waals surface area contributed by atoms with Crippen LogP contribution >= 0.6 is 0 Å². The van der Waals surface area contributed by atoms with Gasteiger partial charge >= 0.3 is 0 Å². The summed E-state index contributed by atoms with van der Waals surface area (Å²) in [5.41, 5.74) is 3.40. The van der Waals surface area contributed by atoms with Crippen LogP contribution < -0.4 is 4.74 Å². The van der Waals surface area contributed by atoms with Crippen molar-refractivity contribution in [2.45, 2.75) is 13.0 Å². The molecule has 0 saturated carbocycles. The third-order valence-electron chi connectivity index (χ3n) is 3.83. The Labute approximate surface area is 141 Å². The fourth-order valence-electron chi connectivity index (χ4n) is 2.59. The molecule has 0 fully saturated rings. The third kappa shape index (κ3) is 3.39. The number of aromatic nitrogens is 3. The number of ether oxygens (including phenoxy) is 1. The van der Waals surface area contributed by atoms with Gasteiger partial charge in [-0.3, -0.25) is 0 Å². The van der Waals surface area contributed by atoms with E-state index in [1.807, 2.05) is 66.0 Å². The number of fused-ring (bicyclic) bond motifs is 1. The van der Waals surface area contributed by atoms with Crippen LogP contribution in [-0.4, -0.2) is 51.9 Å². The number of nitrogens with zero attached hydrogens (tertiary/aromatic N) is 4. The predicted octanol–water partition coefficient (Wildman–Crippen LogP) is 2.39. The minimum absolute atomic E-state index is 0.500. The molecule has 0 aliphatic heterocycles. The molecular weight excluding hydrogens is 304 g/mol. The molecule has 6 heteroatoms. The Hall–Kier alpha value is -2.44. The van der Waals surface area contributed by atoms with Crippen LogP contribution in [0.25, 0.3) is 16.9 Å². The average molecular weight is 326 g/mol. The molecule has 24 heavy (non-hydrogen) atoms. The standard InChI is InChI=1S/C18H22N4O2/c1-13(23)15-12-14-6-4-5-9-22(14)18(15)16-7-8-17(20-19-16)24-11-10-21(2)3/h4-9,12-13,23H,10-11H2,1-3H3. The number of aliphatic hydroxyl groups is 1. The van der Waals surface area contributed by atoms with Crippen LogP contribution in [0.1, 0.15) is 18.6 Å². The van der Waals surface area contributed by atoms with Gasteiger partial charge in [-0.05, 0) is 45.3 Å². The lowest BCUT2D eigenvalue weighted by atomic mass is 10.1. The summed E-state index contributed by atoms with van der Waals surface area (Å²) < 4.78 is 7.60. The zero-order valence-electron chi connectivity index (χ0n) is 14.2. The summed E-state index contributed by atoms with van der Waals surface area (Å²) in [4.78, 5) is 2.05. The molecule has 1 atom stereocenters. The Morgan fingerprint density at radius 3 is 2.71 bits per heavy atom. The first-order chi connectivity index (χ1) is 11.6. The number of rotatable bonds is 6. The predicted molar refractivity (Wildman–Crippen MR) is 93.1 cm³/mol. The molecule has 1 N–H and O–H groups in total. The van der Waals surface area contributed by atoms with Gasteiger partial charge in [-0.1, -0.05) is 6.07 Å². The van der Waals surface area contributed by atoms with E-state index in [4.69, 9.17) is 4.74 Å². The second-order valence-electron chi connectivity index (χ2n) is 6.03. The lowest BCUT2D eigenvalue weighted by Crippen LogP contribution is -2.19. The lowest BCUT2D eigenvalue weighted by molar-refractivity contribution is 0.200. The summed E-state index contributed by atoms with van der Waals surface area (Å²) in [6, 6.07) is 11.6. The highest BCUT2D eigenvalue weighted by atomic mass is 16.5. The number of pyridine rings is 1. The summed E-state index contributed by atoms with van der Waals surface area (Å²) in [6.07, 6.45) is 1.37.